The van der Waals surface area contributed by atoms with E-state index in [9.17, 15) is 4.79 Å². The molecule has 2 saturated carbocycles. The van der Waals surface area contributed by atoms with Gasteiger partial charge in [-0.15, -0.1) is 0 Å². The van der Waals surface area contributed by atoms with Crippen LogP contribution in [0.5, 0.6) is 0 Å². The average molecular weight is 365 g/mol. The molecule has 5 aliphatic rings. The third kappa shape index (κ3) is 2.73. The summed E-state index contributed by atoms with van der Waals surface area (Å²) >= 11 is 0. The first-order valence-electron chi connectivity index (χ1n) is 10.7. The zero-order valence-electron chi connectivity index (χ0n) is 16.5. The van der Waals surface area contributed by atoms with Gasteiger partial charge in [-0.05, 0) is 57.3 Å². The first kappa shape index (κ1) is 17.4. The average Bonchev–Trinajstić information content (AvgIpc) is 3.25. The molecule has 5 nitrogen and oxygen atoms in total. The molecule has 8 atom stereocenters. The number of carbonyl (C=O) groups is 1. The van der Waals surface area contributed by atoms with Crippen LogP contribution in [0, 0.1) is 23.2 Å². The van der Waals surface area contributed by atoms with Gasteiger partial charge < -0.3 is 19.1 Å². The number of esters is 1. The van der Waals surface area contributed by atoms with E-state index in [1.54, 1.807) is 0 Å². The Morgan fingerprint density at radius 3 is 2.62 bits per heavy atom. The Balaban J connectivity index is 1.34. The maximum atomic E-state index is 12.8. The zero-order chi connectivity index (χ0) is 18.1. The highest BCUT2D eigenvalue weighted by atomic mass is 16.6. The van der Waals surface area contributed by atoms with Crippen LogP contribution in [-0.4, -0.2) is 56.1 Å². The van der Waals surface area contributed by atoms with Crippen LogP contribution >= 0.6 is 0 Å². The Kier molecular flexibility index (Phi) is 3.97. The molecule has 5 fully saturated rings. The first-order valence-corrected chi connectivity index (χ1v) is 10.7. The number of fused-ring (bicyclic) bond motifs is 3. The molecule has 5 heteroatoms. The van der Waals surface area contributed by atoms with Crippen molar-refractivity contribution in [2.24, 2.45) is 23.2 Å². The van der Waals surface area contributed by atoms with Crippen LogP contribution < -0.4 is 4.90 Å². The molecule has 3 heterocycles. The van der Waals surface area contributed by atoms with Crippen molar-refractivity contribution in [2.75, 3.05) is 26.2 Å². The second-order valence-corrected chi connectivity index (χ2v) is 10.2. The Morgan fingerprint density at radius 2 is 1.92 bits per heavy atom. The van der Waals surface area contributed by atoms with Crippen molar-refractivity contribution in [3.05, 3.63) is 0 Å². The largest absolute Gasteiger partial charge is 0.462 e. The molecule has 5 rings (SSSR count). The minimum Gasteiger partial charge on any atom is -0.462 e. The number of epoxide rings is 1. The fourth-order valence-corrected chi connectivity index (χ4v) is 7.06. The van der Waals surface area contributed by atoms with Gasteiger partial charge in [0.05, 0.1) is 18.8 Å². The van der Waals surface area contributed by atoms with E-state index in [1.165, 1.54) is 24.2 Å². The van der Waals surface area contributed by atoms with E-state index in [1.807, 2.05) is 0 Å². The van der Waals surface area contributed by atoms with Gasteiger partial charge in [-0.25, -0.2) is 0 Å². The van der Waals surface area contributed by atoms with Gasteiger partial charge in [0.15, 0.2) is 0 Å². The summed E-state index contributed by atoms with van der Waals surface area (Å²) in [5.74, 6) is 1.13. The highest BCUT2D eigenvalue weighted by Gasteiger charge is 2.65. The summed E-state index contributed by atoms with van der Waals surface area (Å²) in [7, 11) is 0. The predicted octanol–water partition coefficient (Wildman–Crippen LogP) is 1.21. The monoisotopic (exact) mass is 364 g/mol. The fourth-order valence-electron chi connectivity index (χ4n) is 7.06. The van der Waals surface area contributed by atoms with Crippen LogP contribution in [-0.2, 0) is 19.0 Å². The summed E-state index contributed by atoms with van der Waals surface area (Å²) in [5, 5.41) is 0. The van der Waals surface area contributed by atoms with E-state index >= 15 is 0 Å². The number of morpholine rings is 1. The number of hydrogen-bond donors (Lipinski definition) is 1. The lowest BCUT2D eigenvalue weighted by Crippen LogP contribution is -3.16. The SMILES string of the molecule is C[C@@H]1C[NH+](C[C@H]2C(=O)O[C@@H]3C[C@@]4(C)CCC[C@@]5(CO5)[C@@H]4C[C@@H]32)C[C@@H](C)O1. The minimum absolute atomic E-state index is 0.0623. The van der Waals surface area contributed by atoms with Gasteiger partial charge in [-0.2, -0.15) is 0 Å². The van der Waals surface area contributed by atoms with Crippen molar-refractivity contribution in [2.45, 2.75) is 76.8 Å². The first-order chi connectivity index (χ1) is 12.4. The Morgan fingerprint density at radius 1 is 1.19 bits per heavy atom. The molecule has 3 aliphatic heterocycles. The van der Waals surface area contributed by atoms with Crippen LogP contribution in [0.15, 0.2) is 0 Å². The van der Waals surface area contributed by atoms with Crippen LogP contribution in [0.3, 0.4) is 0 Å². The molecule has 0 unspecified atom stereocenters. The van der Waals surface area contributed by atoms with E-state index in [4.69, 9.17) is 14.2 Å². The second kappa shape index (κ2) is 5.92. The molecule has 1 spiro atoms. The Bertz CT molecular complexity index is 581. The lowest BCUT2D eigenvalue weighted by molar-refractivity contribution is -0.917. The number of carbonyl (C=O) groups excluding carboxylic acids is 1. The third-order valence-corrected chi connectivity index (χ3v) is 8.20. The molecule has 26 heavy (non-hydrogen) atoms. The Hall–Kier alpha value is -0.650. The molecule has 0 aromatic carbocycles. The smallest absolute Gasteiger partial charge is 0.315 e. The molecular weight excluding hydrogens is 330 g/mol. The number of ether oxygens (including phenoxy) is 3. The van der Waals surface area contributed by atoms with E-state index in [0.717, 1.165) is 39.1 Å². The lowest BCUT2D eigenvalue weighted by Gasteiger charge is -2.51. The van der Waals surface area contributed by atoms with Crippen LogP contribution in [0.4, 0.5) is 0 Å². The highest BCUT2D eigenvalue weighted by molar-refractivity contribution is 5.75. The molecule has 0 radical (unpaired) electrons. The molecule has 2 aliphatic carbocycles. The standard InChI is InChI=1S/C21H33NO4/c1-13-9-22(10-14(2)25-13)11-16-15-7-18-20(3,8-17(15)26-19(16)23)5-4-6-21(18)12-24-21/h13-18H,4-12H2,1-3H3/p+1/t13-,14-,15-,16-,17-,18-,20-,21-/m1/s1. The van der Waals surface area contributed by atoms with Crippen molar-refractivity contribution in [3.8, 4) is 0 Å². The van der Waals surface area contributed by atoms with Gasteiger partial charge in [0.1, 0.15) is 37.3 Å². The van der Waals surface area contributed by atoms with E-state index in [2.05, 4.69) is 20.8 Å². The molecule has 0 amide bonds. The van der Waals surface area contributed by atoms with Gasteiger partial charge in [-0.3, -0.25) is 4.79 Å². The van der Waals surface area contributed by atoms with Crippen LogP contribution in [0.2, 0.25) is 0 Å². The van der Waals surface area contributed by atoms with Crippen molar-refractivity contribution in [1.82, 2.24) is 0 Å². The predicted molar refractivity (Wildman–Crippen MR) is 95.8 cm³/mol. The number of quaternary nitrogens is 1. The zero-order valence-corrected chi connectivity index (χ0v) is 16.5. The van der Waals surface area contributed by atoms with Crippen molar-refractivity contribution < 1.29 is 23.9 Å². The topological polar surface area (TPSA) is 52.5 Å². The van der Waals surface area contributed by atoms with Gasteiger partial charge in [-0.1, -0.05) is 6.92 Å². The summed E-state index contributed by atoms with van der Waals surface area (Å²) in [6.07, 6.45) is 6.59. The van der Waals surface area contributed by atoms with Gasteiger partial charge in [0.25, 0.3) is 0 Å². The van der Waals surface area contributed by atoms with Crippen LogP contribution in [0.1, 0.15) is 52.9 Å². The Labute approximate surface area is 156 Å². The summed E-state index contributed by atoms with van der Waals surface area (Å²) < 4.78 is 17.8. The number of nitrogens with one attached hydrogen (secondary N) is 1. The van der Waals surface area contributed by atoms with Gasteiger partial charge >= 0.3 is 5.97 Å². The van der Waals surface area contributed by atoms with E-state index in [-0.39, 0.29) is 35.8 Å². The lowest BCUT2D eigenvalue weighted by atomic mass is 9.53. The normalized spacial score (nSPS) is 56.0. The number of rotatable bonds is 2. The molecule has 0 aromatic rings. The third-order valence-electron chi connectivity index (χ3n) is 8.20. The summed E-state index contributed by atoms with van der Waals surface area (Å²) in [6, 6.07) is 0. The van der Waals surface area contributed by atoms with Gasteiger partial charge in [0, 0.05) is 5.92 Å². The minimum atomic E-state index is 0.0623. The van der Waals surface area contributed by atoms with Gasteiger partial charge in [0.2, 0.25) is 0 Å². The summed E-state index contributed by atoms with van der Waals surface area (Å²) in [4.78, 5) is 14.3. The molecule has 146 valence electrons. The van der Waals surface area contributed by atoms with E-state index in [0.29, 0.717) is 17.3 Å². The fraction of sp³-hybridized carbons (Fsp3) is 0.952. The number of hydrogen-bond acceptors (Lipinski definition) is 4. The van der Waals surface area contributed by atoms with Crippen LogP contribution in [0.25, 0.3) is 0 Å². The van der Waals surface area contributed by atoms with Crippen molar-refractivity contribution in [1.29, 1.82) is 0 Å². The highest BCUT2D eigenvalue weighted by Crippen LogP contribution is 2.62. The molecule has 3 saturated heterocycles. The maximum absolute atomic E-state index is 12.8. The van der Waals surface area contributed by atoms with Crippen molar-refractivity contribution >= 4 is 5.97 Å². The summed E-state index contributed by atoms with van der Waals surface area (Å²) in [6.45, 7) is 10.6. The van der Waals surface area contributed by atoms with Crippen molar-refractivity contribution in [3.63, 3.8) is 0 Å². The maximum Gasteiger partial charge on any atom is 0.315 e. The molecule has 1 N–H and O–H groups in total. The molecule has 0 bridgehead atoms. The molecular formula is C21H34NO4+. The molecule has 0 aromatic heterocycles. The van der Waals surface area contributed by atoms with E-state index < -0.39 is 0 Å². The summed E-state index contributed by atoms with van der Waals surface area (Å²) in [5.41, 5.74) is 0.433. The second-order valence-electron chi connectivity index (χ2n) is 10.2. The quantitative estimate of drug-likeness (QED) is 0.591.